The number of aromatic nitrogens is 2. The Labute approximate surface area is 148 Å². The van der Waals surface area contributed by atoms with Crippen LogP contribution in [0.4, 0.5) is 10.2 Å². The van der Waals surface area contributed by atoms with Crippen molar-refractivity contribution in [1.29, 1.82) is 0 Å². The van der Waals surface area contributed by atoms with Gasteiger partial charge in [0.25, 0.3) is 0 Å². The van der Waals surface area contributed by atoms with Gasteiger partial charge in [-0.05, 0) is 36.3 Å². The largest absolute Gasteiger partial charge is 0.353 e. The van der Waals surface area contributed by atoms with Crippen LogP contribution in [0, 0.1) is 5.82 Å². The number of piperazine rings is 1. The van der Waals surface area contributed by atoms with Crippen LogP contribution in [0.3, 0.4) is 0 Å². The van der Waals surface area contributed by atoms with E-state index in [9.17, 15) is 4.39 Å². The summed E-state index contributed by atoms with van der Waals surface area (Å²) in [5.74, 6) is 0.635. The van der Waals surface area contributed by atoms with Crippen LogP contribution in [0.1, 0.15) is 0 Å². The van der Waals surface area contributed by atoms with Crippen LogP contribution in [0.2, 0.25) is 5.28 Å². The van der Waals surface area contributed by atoms with Gasteiger partial charge in [0.1, 0.15) is 16.5 Å². The van der Waals surface area contributed by atoms with Crippen molar-refractivity contribution in [2.24, 2.45) is 0 Å². The number of hydrogen-bond donors (Lipinski definition) is 0. The molecule has 1 aromatic carbocycles. The minimum Gasteiger partial charge on any atom is -0.353 e. The smallest absolute Gasteiger partial charge is 0.225 e. The Morgan fingerprint density at radius 3 is 2.50 bits per heavy atom. The first-order valence-electron chi connectivity index (χ1n) is 7.76. The quantitative estimate of drug-likeness (QED) is 0.647. The minimum absolute atomic E-state index is 0.239. The van der Waals surface area contributed by atoms with Gasteiger partial charge < -0.3 is 9.80 Å². The van der Waals surface area contributed by atoms with E-state index in [1.807, 2.05) is 5.38 Å². The summed E-state index contributed by atoms with van der Waals surface area (Å²) in [5.41, 5.74) is 1.99. The molecule has 0 spiro atoms. The van der Waals surface area contributed by atoms with Crippen molar-refractivity contribution in [3.05, 3.63) is 40.7 Å². The fourth-order valence-corrected chi connectivity index (χ4v) is 4.14. The maximum absolute atomic E-state index is 13.2. The Morgan fingerprint density at radius 2 is 1.79 bits per heavy atom. The Bertz CT molecular complexity index is 872. The van der Waals surface area contributed by atoms with Crippen LogP contribution in [-0.4, -0.2) is 48.1 Å². The van der Waals surface area contributed by atoms with Gasteiger partial charge >= 0.3 is 0 Å². The van der Waals surface area contributed by atoms with Crippen LogP contribution in [-0.2, 0) is 0 Å². The fourth-order valence-electron chi connectivity index (χ4n) is 2.99. The number of nitrogens with zero attached hydrogens (tertiary/aromatic N) is 4. The molecule has 0 saturated carbocycles. The predicted octanol–water partition coefficient (Wildman–Crippen LogP) is 3.90. The molecule has 4 rings (SSSR count). The van der Waals surface area contributed by atoms with Crippen LogP contribution < -0.4 is 4.90 Å². The Balaban J connectivity index is 1.86. The number of thiophene rings is 1. The van der Waals surface area contributed by atoms with Gasteiger partial charge in [-0.15, -0.1) is 11.3 Å². The zero-order valence-corrected chi connectivity index (χ0v) is 14.7. The first kappa shape index (κ1) is 15.7. The summed E-state index contributed by atoms with van der Waals surface area (Å²) < 4.78 is 13.2. The molecular formula is C17H16ClFN4S. The lowest BCUT2D eigenvalue weighted by Crippen LogP contribution is -2.44. The van der Waals surface area contributed by atoms with Gasteiger partial charge in [0.15, 0.2) is 0 Å². The van der Waals surface area contributed by atoms with E-state index in [4.69, 9.17) is 11.6 Å². The molecule has 1 saturated heterocycles. The van der Waals surface area contributed by atoms with Gasteiger partial charge in [0, 0.05) is 37.1 Å². The molecule has 0 unspecified atom stereocenters. The molecule has 2 aromatic heterocycles. The Morgan fingerprint density at radius 1 is 1.08 bits per heavy atom. The average Bonchev–Trinajstić information content (AvgIpc) is 2.99. The normalized spacial score (nSPS) is 16.0. The molecule has 3 aromatic rings. The summed E-state index contributed by atoms with van der Waals surface area (Å²) in [5, 5.41) is 3.31. The lowest BCUT2D eigenvalue weighted by Gasteiger charge is -2.33. The third-order valence-corrected chi connectivity index (χ3v) is 5.39. The van der Waals surface area contributed by atoms with E-state index in [0.717, 1.165) is 53.3 Å². The van der Waals surface area contributed by atoms with Gasteiger partial charge in [-0.2, -0.15) is 4.98 Å². The molecule has 0 atom stereocenters. The van der Waals surface area contributed by atoms with Gasteiger partial charge in [-0.25, -0.2) is 9.37 Å². The summed E-state index contributed by atoms with van der Waals surface area (Å²) in [6.45, 7) is 3.77. The fraction of sp³-hybridized carbons (Fsp3) is 0.294. The molecule has 3 heterocycles. The first-order chi connectivity index (χ1) is 11.6. The van der Waals surface area contributed by atoms with E-state index >= 15 is 0 Å². The zero-order chi connectivity index (χ0) is 16.7. The molecular weight excluding hydrogens is 347 g/mol. The maximum Gasteiger partial charge on any atom is 0.225 e. The molecule has 1 aliphatic heterocycles. The van der Waals surface area contributed by atoms with E-state index in [1.54, 1.807) is 12.1 Å². The highest BCUT2D eigenvalue weighted by Crippen LogP contribution is 2.39. The second kappa shape index (κ2) is 6.27. The topological polar surface area (TPSA) is 32.3 Å². The number of rotatable bonds is 2. The van der Waals surface area contributed by atoms with Gasteiger partial charge in [-0.3, -0.25) is 0 Å². The van der Waals surface area contributed by atoms with Crippen molar-refractivity contribution in [2.45, 2.75) is 0 Å². The van der Waals surface area contributed by atoms with Crippen molar-refractivity contribution < 1.29 is 4.39 Å². The van der Waals surface area contributed by atoms with E-state index in [2.05, 4.69) is 26.8 Å². The van der Waals surface area contributed by atoms with Crippen LogP contribution in [0.5, 0.6) is 0 Å². The molecule has 0 aliphatic carbocycles. The molecule has 1 aliphatic rings. The highest BCUT2D eigenvalue weighted by molar-refractivity contribution is 7.17. The van der Waals surface area contributed by atoms with Gasteiger partial charge in [0.2, 0.25) is 5.28 Å². The van der Waals surface area contributed by atoms with E-state index in [-0.39, 0.29) is 11.1 Å². The summed E-state index contributed by atoms with van der Waals surface area (Å²) >= 11 is 7.69. The highest BCUT2D eigenvalue weighted by Gasteiger charge is 2.22. The minimum atomic E-state index is -0.239. The molecule has 0 amide bonds. The molecule has 0 radical (unpaired) electrons. The summed E-state index contributed by atoms with van der Waals surface area (Å²) in [6, 6.07) is 6.54. The third-order valence-electron chi connectivity index (χ3n) is 4.35. The van der Waals surface area contributed by atoms with Crippen molar-refractivity contribution >= 4 is 39.0 Å². The standard InChI is InChI=1S/C17H16ClFN4S/c1-22-6-8-23(9-7-22)15-14-13(11-2-4-12(19)5-3-11)10-24-16(14)21-17(18)20-15/h2-5,10H,6-9H2,1H3. The molecule has 24 heavy (non-hydrogen) atoms. The van der Waals surface area contributed by atoms with Crippen molar-refractivity contribution in [1.82, 2.24) is 14.9 Å². The molecule has 0 N–H and O–H groups in total. The molecule has 124 valence electrons. The van der Waals surface area contributed by atoms with E-state index < -0.39 is 0 Å². The second-order valence-electron chi connectivity index (χ2n) is 5.94. The summed E-state index contributed by atoms with van der Waals surface area (Å²) in [6.07, 6.45) is 0. The Hall–Kier alpha value is -1.76. The van der Waals surface area contributed by atoms with Crippen molar-refractivity contribution in [3.63, 3.8) is 0 Å². The number of anilines is 1. The average molecular weight is 363 g/mol. The SMILES string of the molecule is CN1CCN(c2nc(Cl)nc3scc(-c4ccc(F)cc4)c23)CC1. The maximum atomic E-state index is 13.2. The van der Waals surface area contributed by atoms with Crippen LogP contribution in [0.15, 0.2) is 29.6 Å². The third kappa shape index (κ3) is 2.85. The lowest BCUT2D eigenvalue weighted by molar-refractivity contribution is 0.312. The Kier molecular flexibility index (Phi) is 4.12. The van der Waals surface area contributed by atoms with E-state index in [1.165, 1.54) is 23.5 Å². The van der Waals surface area contributed by atoms with Crippen molar-refractivity contribution in [2.75, 3.05) is 38.1 Å². The molecule has 4 nitrogen and oxygen atoms in total. The number of benzene rings is 1. The highest BCUT2D eigenvalue weighted by atomic mass is 35.5. The number of halogens is 2. The van der Waals surface area contributed by atoms with Crippen LogP contribution in [0.25, 0.3) is 21.3 Å². The lowest BCUT2D eigenvalue weighted by atomic mass is 10.1. The van der Waals surface area contributed by atoms with Crippen molar-refractivity contribution in [3.8, 4) is 11.1 Å². The molecule has 1 fully saturated rings. The molecule has 0 bridgehead atoms. The summed E-state index contributed by atoms with van der Waals surface area (Å²) in [7, 11) is 2.12. The first-order valence-corrected chi connectivity index (χ1v) is 9.02. The number of likely N-dealkylation sites (N-methyl/N-ethyl adjacent to an activating group) is 1. The monoisotopic (exact) mass is 362 g/mol. The van der Waals surface area contributed by atoms with Gasteiger partial charge in [0.05, 0.1) is 5.39 Å². The second-order valence-corrected chi connectivity index (χ2v) is 7.14. The molecule has 7 heteroatoms. The van der Waals surface area contributed by atoms with E-state index in [0.29, 0.717) is 0 Å². The zero-order valence-electron chi connectivity index (χ0n) is 13.2. The van der Waals surface area contributed by atoms with Gasteiger partial charge in [-0.1, -0.05) is 12.1 Å². The predicted molar refractivity (Wildman–Crippen MR) is 97.5 cm³/mol. The number of hydrogen-bond acceptors (Lipinski definition) is 5. The number of fused-ring (bicyclic) bond motifs is 1. The van der Waals surface area contributed by atoms with Crippen LogP contribution >= 0.6 is 22.9 Å². The summed E-state index contributed by atoms with van der Waals surface area (Å²) in [4.78, 5) is 14.3.